The van der Waals surface area contributed by atoms with Gasteiger partial charge in [-0.2, -0.15) is 0 Å². The third-order valence-corrected chi connectivity index (χ3v) is 3.89. The largest absolute Gasteiger partial charge is 0.494 e. The van der Waals surface area contributed by atoms with Gasteiger partial charge in [0.2, 0.25) is 0 Å². The van der Waals surface area contributed by atoms with Crippen molar-refractivity contribution in [2.75, 3.05) is 27.4 Å². The summed E-state index contributed by atoms with van der Waals surface area (Å²) in [5.41, 5.74) is 8.27. The molecule has 2 aromatic rings. The minimum atomic E-state index is 0.222. The molecule has 0 aliphatic carbocycles. The quantitative estimate of drug-likeness (QED) is 0.810. The lowest BCUT2D eigenvalue weighted by Crippen LogP contribution is -2.15. The molecule has 4 heteroatoms. The third kappa shape index (κ3) is 4.63. The lowest BCUT2D eigenvalue weighted by Gasteiger charge is -2.18. The van der Waals surface area contributed by atoms with Gasteiger partial charge in [0.05, 0.1) is 20.8 Å². The van der Waals surface area contributed by atoms with Gasteiger partial charge in [0.1, 0.15) is 5.75 Å². The highest BCUT2D eigenvalue weighted by Gasteiger charge is 2.13. The van der Waals surface area contributed by atoms with Gasteiger partial charge in [-0.1, -0.05) is 18.2 Å². The second-order valence-electron chi connectivity index (χ2n) is 5.50. The Morgan fingerprint density at radius 2 is 1.78 bits per heavy atom. The minimum Gasteiger partial charge on any atom is -0.494 e. The summed E-state index contributed by atoms with van der Waals surface area (Å²) in [5, 5.41) is 0. The van der Waals surface area contributed by atoms with E-state index < -0.39 is 0 Å². The first-order valence-electron chi connectivity index (χ1n) is 7.79. The van der Waals surface area contributed by atoms with Gasteiger partial charge in [-0.25, -0.2) is 0 Å². The average Bonchev–Trinajstić information content (AvgIpc) is 2.58. The Bertz CT molecular complexity index is 628. The van der Waals surface area contributed by atoms with E-state index in [0.29, 0.717) is 13.2 Å². The second kappa shape index (κ2) is 8.44. The van der Waals surface area contributed by atoms with Gasteiger partial charge in [0.15, 0.2) is 11.5 Å². The van der Waals surface area contributed by atoms with Crippen molar-refractivity contribution in [2.24, 2.45) is 5.73 Å². The molecule has 0 aliphatic rings. The van der Waals surface area contributed by atoms with Crippen LogP contribution in [0.1, 0.15) is 23.5 Å². The van der Waals surface area contributed by atoms with Crippen LogP contribution in [0.3, 0.4) is 0 Å². The van der Waals surface area contributed by atoms with Crippen LogP contribution in [0.5, 0.6) is 17.2 Å². The zero-order valence-corrected chi connectivity index (χ0v) is 14.0. The summed E-state index contributed by atoms with van der Waals surface area (Å²) in [6.07, 6.45) is 0.847. The fourth-order valence-corrected chi connectivity index (χ4v) is 2.55. The smallest absolute Gasteiger partial charge is 0.160 e. The van der Waals surface area contributed by atoms with Crippen molar-refractivity contribution in [1.82, 2.24) is 0 Å². The zero-order valence-electron chi connectivity index (χ0n) is 14.0. The van der Waals surface area contributed by atoms with Crippen LogP contribution < -0.4 is 19.9 Å². The van der Waals surface area contributed by atoms with Gasteiger partial charge >= 0.3 is 0 Å². The Morgan fingerprint density at radius 1 is 1.00 bits per heavy atom. The van der Waals surface area contributed by atoms with E-state index >= 15 is 0 Å². The number of benzene rings is 2. The van der Waals surface area contributed by atoms with Crippen molar-refractivity contribution in [2.45, 2.75) is 19.3 Å². The molecule has 124 valence electrons. The van der Waals surface area contributed by atoms with Crippen LogP contribution in [0, 0.1) is 6.92 Å². The Morgan fingerprint density at radius 3 is 2.43 bits per heavy atom. The van der Waals surface area contributed by atoms with Gasteiger partial charge in [-0.15, -0.1) is 0 Å². The SMILES string of the molecule is COc1ccc(C(CN)CCOc2cccc(C)c2)cc1OC. The highest BCUT2D eigenvalue weighted by atomic mass is 16.5. The number of aryl methyl sites for hydroxylation is 1. The molecule has 2 N–H and O–H groups in total. The number of hydrogen-bond donors (Lipinski definition) is 1. The zero-order chi connectivity index (χ0) is 16.7. The lowest BCUT2D eigenvalue weighted by atomic mass is 9.96. The van der Waals surface area contributed by atoms with Gasteiger partial charge in [-0.05, 0) is 61.2 Å². The Hall–Kier alpha value is -2.20. The third-order valence-electron chi connectivity index (χ3n) is 3.89. The molecule has 0 amide bonds. The number of hydrogen-bond acceptors (Lipinski definition) is 4. The summed E-state index contributed by atoms with van der Waals surface area (Å²) < 4.78 is 16.5. The minimum absolute atomic E-state index is 0.222. The molecule has 1 atom stereocenters. The average molecular weight is 315 g/mol. The van der Waals surface area contributed by atoms with Crippen molar-refractivity contribution < 1.29 is 14.2 Å². The normalized spacial score (nSPS) is 11.8. The van der Waals surface area contributed by atoms with Crippen molar-refractivity contribution in [1.29, 1.82) is 0 Å². The van der Waals surface area contributed by atoms with E-state index in [1.54, 1.807) is 14.2 Å². The summed E-state index contributed by atoms with van der Waals surface area (Å²) in [4.78, 5) is 0. The van der Waals surface area contributed by atoms with E-state index in [2.05, 4.69) is 13.0 Å². The predicted octanol–water partition coefficient (Wildman–Crippen LogP) is 3.52. The van der Waals surface area contributed by atoms with E-state index in [0.717, 1.165) is 29.2 Å². The molecule has 0 heterocycles. The summed E-state index contributed by atoms with van der Waals surface area (Å²) >= 11 is 0. The Kier molecular flexibility index (Phi) is 6.29. The van der Waals surface area contributed by atoms with Crippen molar-refractivity contribution in [3.63, 3.8) is 0 Å². The predicted molar refractivity (Wildman–Crippen MR) is 92.6 cm³/mol. The molecular formula is C19H25NO3. The van der Waals surface area contributed by atoms with Gasteiger partial charge in [-0.3, -0.25) is 0 Å². The van der Waals surface area contributed by atoms with Crippen LogP contribution in [0.4, 0.5) is 0 Å². The van der Waals surface area contributed by atoms with E-state index in [4.69, 9.17) is 19.9 Å². The summed E-state index contributed by atoms with van der Waals surface area (Å²) in [5.74, 6) is 2.57. The Labute approximate surface area is 138 Å². The molecule has 2 aromatic carbocycles. The van der Waals surface area contributed by atoms with Crippen LogP contribution in [0.2, 0.25) is 0 Å². The maximum absolute atomic E-state index is 5.94. The van der Waals surface area contributed by atoms with Gasteiger partial charge < -0.3 is 19.9 Å². The molecule has 0 saturated carbocycles. The van der Waals surface area contributed by atoms with Crippen molar-refractivity contribution in [3.8, 4) is 17.2 Å². The molecule has 0 radical (unpaired) electrons. The maximum Gasteiger partial charge on any atom is 0.160 e. The molecule has 0 spiro atoms. The lowest BCUT2D eigenvalue weighted by molar-refractivity contribution is 0.298. The monoisotopic (exact) mass is 315 g/mol. The number of methoxy groups -OCH3 is 2. The van der Waals surface area contributed by atoms with Gasteiger partial charge in [0, 0.05) is 0 Å². The molecule has 23 heavy (non-hydrogen) atoms. The van der Waals surface area contributed by atoms with E-state index in [1.807, 2.05) is 36.4 Å². The van der Waals surface area contributed by atoms with Crippen LogP contribution in [-0.2, 0) is 0 Å². The fourth-order valence-electron chi connectivity index (χ4n) is 2.55. The molecule has 2 rings (SSSR count). The van der Waals surface area contributed by atoms with Crippen molar-refractivity contribution >= 4 is 0 Å². The molecule has 0 fully saturated rings. The molecule has 0 bridgehead atoms. The summed E-state index contributed by atoms with van der Waals surface area (Å²) in [6.45, 7) is 3.24. The number of nitrogens with two attached hydrogens (primary N) is 1. The van der Waals surface area contributed by atoms with E-state index in [-0.39, 0.29) is 5.92 Å². The van der Waals surface area contributed by atoms with Crippen molar-refractivity contribution in [3.05, 3.63) is 53.6 Å². The van der Waals surface area contributed by atoms with E-state index in [9.17, 15) is 0 Å². The first-order chi connectivity index (χ1) is 11.2. The highest BCUT2D eigenvalue weighted by molar-refractivity contribution is 5.44. The number of rotatable bonds is 8. The standard InChI is InChI=1S/C19H25NO3/c1-14-5-4-6-17(11-14)23-10-9-16(13-20)15-7-8-18(21-2)19(12-15)22-3/h4-8,11-12,16H,9-10,13,20H2,1-3H3. The summed E-state index contributed by atoms with van der Waals surface area (Å²) in [7, 11) is 3.27. The molecular weight excluding hydrogens is 290 g/mol. The molecule has 1 unspecified atom stereocenters. The first-order valence-corrected chi connectivity index (χ1v) is 7.79. The topological polar surface area (TPSA) is 53.7 Å². The van der Waals surface area contributed by atoms with Crippen LogP contribution in [-0.4, -0.2) is 27.4 Å². The number of ether oxygens (including phenoxy) is 3. The maximum atomic E-state index is 5.94. The van der Waals surface area contributed by atoms with E-state index in [1.165, 1.54) is 5.56 Å². The van der Waals surface area contributed by atoms with Crippen LogP contribution in [0.15, 0.2) is 42.5 Å². The first kappa shape index (κ1) is 17.2. The van der Waals surface area contributed by atoms with Crippen LogP contribution >= 0.6 is 0 Å². The highest BCUT2D eigenvalue weighted by Crippen LogP contribution is 2.31. The Balaban J connectivity index is 1.99. The molecule has 0 saturated heterocycles. The fraction of sp³-hybridized carbons (Fsp3) is 0.368. The summed E-state index contributed by atoms with van der Waals surface area (Å²) in [6, 6.07) is 14.0. The van der Waals surface area contributed by atoms with Crippen LogP contribution in [0.25, 0.3) is 0 Å². The second-order valence-corrected chi connectivity index (χ2v) is 5.50. The van der Waals surface area contributed by atoms with Gasteiger partial charge in [0.25, 0.3) is 0 Å². The molecule has 4 nitrogen and oxygen atoms in total. The molecule has 0 aromatic heterocycles. The molecule has 0 aliphatic heterocycles.